The van der Waals surface area contributed by atoms with Gasteiger partial charge in [0.25, 0.3) is 0 Å². The molecule has 0 fully saturated rings. The lowest BCUT2D eigenvalue weighted by Crippen LogP contribution is -2.42. The third-order valence-corrected chi connectivity index (χ3v) is 1.73. The molecule has 0 aromatic rings. The van der Waals surface area contributed by atoms with Crippen molar-refractivity contribution in [2.45, 2.75) is 19.0 Å². The second-order valence-electron chi connectivity index (χ2n) is 1.92. The van der Waals surface area contributed by atoms with Crippen molar-refractivity contribution in [3.63, 3.8) is 0 Å². The van der Waals surface area contributed by atoms with Crippen LogP contribution in [0.15, 0.2) is 0 Å². The van der Waals surface area contributed by atoms with Crippen LogP contribution >= 0.6 is 12.6 Å². The third kappa shape index (κ3) is 2.55. The lowest BCUT2D eigenvalue weighted by Gasteiger charge is -2.15. The Hall–Kier alpha value is 0.270. The minimum atomic E-state index is 0.170. The first-order valence-corrected chi connectivity index (χ1v) is 3.39. The molecule has 0 spiro atoms. The number of likely N-dealkylation sites (N-methyl/N-ethyl adjacent to an activating group) is 1. The second-order valence-corrected chi connectivity index (χ2v) is 2.29. The molecule has 8 heavy (non-hydrogen) atoms. The fraction of sp³-hybridized carbons (Fsp3) is 1.00. The molecule has 50 valence electrons. The maximum Gasteiger partial charge on any atom is 0.0281 e. The molecule has 0 bridgehead atoms. The van der Waals surface area contributed by atoms with Gasteiger partial charge in [-0.15, -0.1) is 0 Å². The van der Waals surface area contributed by atoms with Gasteiger partial charge in [0.2, 0.25) is 0 Å². The van der Waals surface area contributed by atoms with E-state index < -0.39 is 0 Å². The van der Waals surface area contributed by atoms with E-state index in [0.717, 1.165) is 5.75 Å². The Kier molecular flexibility index (Phi) is 4.32. The minimum absolute atomic E-state index is 0.170. The van der Waals surface area contributed by atoms with Crippen molar-refractivity contribution in [3.8, 4) is 0 Å². The Morgan fingerprint density at radius 2 is 2.25 bits per heavy atom. The summed E-state index contributed by atoms with van der Waals surface area (Å²) < 4.78 is 0. The molecule has 0 aliphatic rings. The fourth-order valence-corrected chi connectivity index (χ4v) is 0.688. The van der Waals surface area contributed by atoms with Gasteiger partial charge in [-0.3, -0.25) is 0 Å². The zero-order valence-electron chi connectivity index (χ0n) is 5.39. The fourth-order valence-electron chi connectivity index (χ4n) is 0.372. The van der Waals surface area contributed by atoms with Crippen molar-refractivity contribution in [3.05, 3.63) is 0 Å². The van der Waals surface area contributed by atoms with Crippen molar-refractivity contribution in [2.75, 3.05) is 12.8 Å². The van der Waals surface area contributed by atoms with Gasteiger partial charge in [0.05, 0.1) is 0 Å². The van der Waals surface area contributed by atoms with Crippen LogP contribution in [-0.2, 0) is 0 Å². The summed E-state index contributed by atoms with van der Waals surface area (Å²) in [5.74, 6) is 0.738. The zero-order chi connectivity index (χ0) is 6.57. The lowest BCUT2D eigenvalue weighted by molar-refractivity contribution is 0.525. The third-order valence-electron chi connectivity index (χ3n) is 1.31. The summed E-state index contributed by atoms with van der Waals surface area (Å²) >= 11 is 4.04. The molecule has 0 rings (SSSR count). The maximum absolute atomic E-state index is 5.59. The van der Waals surface area contributed by atoms with Gasteiger partial charge in [-0.05, 0) is 14.0 Å². The highest BCUT2D eigenvalue weighted by Crippen LogP contribution is 1.89. The number of hydrogen-bond acceptors (Lipinski definition) is 3. The second kappa shape index (κ2) is 4.18. The van der Waals surface area contributed by atoms with E-state index >= 15 is 0 Å². The Morgan fingerprint density at radius 3 is 2.38 bits per heavy atom. The summed E-state index contributed by atoms with van der Waals surface area (Å²) in [4.78, 5) is 0. The topological polar surface area (TPSA) is 38.0 Å². The number of nitrogens with one attached hydrogen (secondary N) is 1. The number of nitrogens with two attached hydrogens (primary N) is 1. The van der Waals surface area contributed by atoms with E-state index in [1.54, 1.807) is 0 Å². The van der Waals surface area contributed by atoms with Crippen LogP contribution in [0.4, 0.5) is 0 Å². The van der Waals surface area contributed by atoms with Crippen LogP contribution < -0.4 is 11.1 Å². The van der Waals surface area contributed by atoms with Crippen molar-refractivity contribution in [2.24, 2.45) is 5.73 Å². The van der Waals surface area contributed by atoms with Gasteiger partial charge < -0.3 is 11.1 Å². The molecule has 0 radical (unpaired) electrons. The molecule has 0 aromatic carbocycles. The maximum atomic E-state index is 5.59. The molecule has 0 aliphatic carbocycles. The van der Waals surface area contributed by atoms with Crippen LogP contribution in [0.3, 0.4) is 0 Å². The molecular weight excluding hydrogens is 120 g/mol. The van der Waals surface area contributed by atoms with Gasteiger partial charge in [-0.25, -0.2) is 0 Å². The molecule has 3 heteroatoms. The normalized spacial score (nSPS) is 18.0. The molecule has 3 N–H and O–H groups in total. The Balaban J connectivity index is 3.29. The van der Waals surface area contributed by atoms with Crippen LogP contribution in [-0.4, -0.2) is 24.9 Å². The first-order chi connectivity index (χ1) is 3.72. The smallest absolute Gasteiger partial charge is 0.0281 e. The minimum Gasteiger partial charge on any atom is -0.326 e. The van der Waals surface area contributed by atoms with Crippen molar-refractivity contribution in [1.29, 1.82) is 0 Å². The standard InChI is InChI=1S/C5H14N2S/c1-4(7-2)5(6)3-8/h4-5,7-8H,3,6H2,1-2H3/t4-,5?/m1/s1. The van der Waals surface area contributed by atoms with E-state index in [1.165, 1.54) is 0 Å². The van der Waals surface area contributed by atoms with Gasteiger partial charge >= 0.3 is 0 Å². The first kappa shape index (κ1) is 8.27. The predicted molar refractivity (Wildman–Crippen MR) is 40.4 cm³/mol. The summed E-state index contributed by atoms with van der Waals surface area (Å²) in [6.45, 7) is 2.04. The summed E-state index contributed by atoms with van der Waals surface area (Å²) in [5, 5.41) is 3.04. The zero-order valence-corrected chi connectivity index (χ0v) is 6.28. The van der Waals surface area contributed by atoms with E-state index in [0.29, 0.717) is 6.04 Å². The van der Waals surface area contributed by atoms with E-state index in [2.05, 4.69) is 17.9 Å². The highest BCUT2D eigenvalue weighted by molar-refractivity contribution is 7.80. The number of rotatable bonds is 3. The van der Waals surface area contributed by atoms with Crippen LogP contribution in [0.2, 0.25) is 0 Å². The average molecular weight is 134 g/mol. The Morgan fingerprint density at radius 1 is 1.75 bits per heavy atom. The first-order valence-electron chi connectivity index (χ1n) is 2.76. The van der Waals surface area contributed by atoms with E-state index in [1.807, 2.05) is 14.0 Å². The summed E-state index contributed by atoms with van der Waals surface area (Å²) in [7, 11) is 1.90. The van der Waals surface area contributed by atoms with Crippen molar-refractivity contribution < 1.29 is 0 Å². The molecule has 0 heterocycles. The molecule has 2 atom stereocenters. The lowest BCUT2D eigenvalue weighted by atomic mass is 10.2. The van der Waals surface area contributed by atoms with Gasteiger partial charge in [-0.2, -0.15) is 12.6 Å². The monoisotopic (exact) mass is 134 g/mol. The largest absolute Gasteiger partial charge is 0.326 e. The quantitative estimate of drug-likeness (QED) is 0.470. The Labute approximate surface area is 56.2 Å². The van der Waals surface area contributed by atoms with Gasteiger partial charge in [0.1, 0.15) is 0 Å². The molecular formula is C5H14N2S. The van der Waals surface area contributed by atoms with Crippen LogP contribution in [0.1, 0.15) is 6.92 Å². The predicted octanol–water partition coefficient (Wildman–Crippen LogP) is -0.149. The SMILES string of the molecule is CN[C@H](C)C(N)CS. The van der Waals surface area contributed by atoms with Crippen LogP contribution in [0.25, 0.3) is 0 Å². The van der Waals surface area contributed by atoms with Crippen LogP contribution in [0, 0.1) is 0 Å². The molecule has 2 nitrogen and oxygen atoms in total. The summed E-state index contributed by atoms with van der Waals surface area (Å²) in [5.41, 5.74) is 5.59. The Bertz CT molecular complexity index is 50.4. The number of thiol groups is 1. The average Bonchev–Trinajstić information content (AvgIpc) is 1.84. The highest BCUT2D eigenvalue weighted by atomic mass is 32.1. The molecule has 0 aliphatic heterocycles. The van der Waals surface area contributed by atoms with Gasteiger partial charge in [0.15, 0.2) is 0 Å². The number of hydrogen-bond donors (Lipinski definition) is 3. The van der Waals surface area contributed by atoms with Gasteiger partial charge in [0, 0.05) is 17.8 Å². The van der Waals surface area contributed by atoms with E-state index in [-0.39, 0.29) is 6.04 Å². The summed E-state index contributed by atoms with van der Waals surface area (Å²) in [6, 6.07) is 0.538. The molecule has 1 unspecified atom stereocenters. The molecule has 0 saturated heterocycles. The van der Waals surface area contributed by atoms with E-state index in [9.17, 15) is 0 Å². The molecule has 0 aromatic heterocycles. The molecule has 0 amide bonds. The van der Waals surface area contributed by atoms with Gasteiger partial charge in [-0.1, -0.05) is 0 Å². The summed E-state index contributed by atoms with van der Waals surface area (Å²) in [6.07, 6.45) is 0. The van der Waals surface area contributed by atoms with Crippen molar-refractivity contribution in [1.82, 2.24) is 5.32 Å². The van der Waals surface area contributed by atoms with E-state index in [4.69, 9.17) is 5.73 Å². The van der Waals surface area contributed by atoms with Crippen molar-refractivity contribution >= 4 is 12.6 Å². The van der Waals surface area contributed by atoms with Crippen LogP contribution in [0.5, 0.6) is 0 Å². The molecule has 0 saturated carbocycles. The highest BCUT2D eigenvalue weighted by Gasteiger charge is 2.05.